The van der Waals surface area contributed by atoms with Crippen LogP contribution >= 0.6 is 23.2 Å². The molecule has 1 fully saturated rings. The fourth-order valence-corrected chi connectivity index (χ4v) is 5.81. The number of nitrogens with zero attached hydrogens (tertiary/aromatic N) is 2. The van der Waals surface area contributed by atoms with Crippen LogP contribution < -0.4 is 15.5 Å². The van der Waals surface area contributed by atoms with E-state index in [1.807, 2.05) is 47.4 Å². The van der Waals surface area contributed by atoms with E-state index in [2.05, 4.69) is 74.3 Å². The van der Waals surface area contributed by atoms with Gasteiger partial charge in [-0.05, 0) is 68.8 Å². The molecular weight excluding hydrogens is 511 g/mol. The van der Waals surface area contributed by atoms with Gasteiger partial charge in [-0.3, -0.25) is 4.99 Å². The van der Waals surface area contributed by atoms with Crippen molar-refractivity contribution in [2.45, 2.75) is 31.6 Å². The Morgan fingerprint density at radius 1 is 0.974 bits per heavy atom. The molecule has 0 heterocycles. The van der Waals surface area contributed by atoms with E-state index < -0.39 is 0 Å². The molecule has 0 spiro atoms. The van der Waals surface area contributed by atoms with Gasteiger partial charge in [0.2, 0.25) is 0 Å². The van der Waals surface area contributed by atoms with Gasteiger partial charge in [0.1, 0.15) is 0 Å². The molecule has 196 valence electrons. The summed E-state index contributed by atoms with van der Waals surface area (Å²) in [6, 6.07) is 20.3. The van der Waals surface area contributed by atoms with Crippen LogP contribution in [0.4, 0.5) is 17.1 Å². The number of allylic oxidation sites excluding steroid dienone is 1. The maximum atomic E-state index is 6.97. The van der Waals surface area contributed by atoms with Gasteiger partial charge in [-0.15, -0.1) is 11.6 Å². The number of halogens is 2. The summed E-state index contributed by atoms with van der Waals surface area (Å²) in [4.78, 5) is 5.50. The average molecular weight is 546 g/mol. The van der Waals surface area contributed by atoms with Gasteiger partial charge < -0.3 is 15.5 Å². The Hall–Kier alpha value is -3.47. The number of hydrogen-bond donors (Lipinski definition) is 2. The SMILES string of the molecule is C=CN(/C=N\C)c1ccc(NC(=C)c2cc(NC(=C)C3C(c4cc(C)cc(C)c4)C3(C)Cl)ccc2Cl)cc1. The molecule has 0 aromatic heterocycles. The van der Waals surface area contributed by atoms with E-state index in [0.29, 0.717) is 10.7 Å². The number of benzene rings is 3. The Bertz CT molecular complexity index is 1390. The molecule has 0 radical (unpaired) electrons. The highest BCUT2D eigenvalue weighted by Gasteiger charge is 2.62. The molecule has 1 saturated carbocycles. The second kappa shape index (κ2) is 11.1. The number of rotatable bonds is 10. The summed E-state index contributed by atoms with van der Waals surface area (Å²) in [5.74, 6) is 0.312. The number of aryl methyl sites for hydroxylation is 2. The predicted octanol–water partition coefficient (Wildman–Crippen LogP) is 8.98. The lowest BCUT2D eigenvalue weighted by Gasteiger charge is -2.17. The van der Waals surface area contributed by atoms with Crippen molar-refractivity contribution in [2.75, 3.05) is 22.6 Å². The fraction of sp³-hybridized carbons (Fsp3) is 0.219. The lowest BCUT2D eigenvalue weighted by molar-refractivity contribution is 0.898. The molecule has 0 aliphatic heterocycles. The van der Waals surface area contributed by atoms with Gasteiger partial charge in [-0.25, -0.2) is 0 Å². The van der Waals surface area contributed by atoms with Gasteiger partial charge in [-0.2, -0.15) is 0 Å². The van der Waals surface area contributed by atoms with Crippen LogP contribution in [0, 0.1) is 19.8 Å². The summed E-state index contributed by atoms with van der Waals surface area (Å²) in [6.45, 7) is 18.7. The van der Waals surface area contributed by atoms with Crippen molar-refractivity contribution < 1.29 is 0 Å². The van der Waals surface area contributed by atoms with E-state index in [1.54, 1.807) is 19.6 Å². The van der Waals surface area contributed by atoms with Crippen molar-refractivity contribution in [1.82, 2.24) is 0 Å². The van der Waals surface area contributed by atoms with Crippen molar-refractivity contribution in [3.8, 4) is 0 Å². The molecule has 3 atom stereocenters. The second-order valence-electron chi connectivity index (χ2n) is 9.99. The third kappa shape index (κ3) is 5.82. The molecule has 1 aliphatic carbocycles. The van der Waals surface area contributed by atoms with Crippen LogP contribution in [0.15, 0.2) is 97.3 Å². The number of nitrogens with one attached hydrogen (secondary N) is 2. The third-order valence-corrected chi connectivity index (χ3v) is 7.71. The van der Waals surface area contributed by atoms with E-state index in [9.17, 15) is 0 Å². The average Bonchev–Trinajstić information content (AvgIpc) is 3.45. The molecule has 6 heteroatoms. The molecule has 1 aliphatic rings. The van der Waals surface area contributed by atoms with Gasteiger partial charge >= 0.3 is 0 Å². The summed E-state index contributed by atoms with van der Waals surface area (Å²) in [7, 11) is 1.72. The summed E-state index contributed by atoms with van der Waals surface area (Å²) in [6.07, 6.45) is 3.41. The first-order valence-corrected chi connectivity index (χ1v) is 13.2. The largest absolute Gasteiger partial charge is 0.359 e. The smallest absolute Gasteiger partial charge is 0.0931 e. The normalized spacial score (nSPS) is 20.2. The molecule has 4 nitrogen and oxygen atoms in total. The van der Waals surface area contributed by atoms with Crippen LogP contribution in [0.3, 0.4) is 0 Å². The quantitative estimate of drug-likeness (QED) is 0.152. The lowest BCUT2D eigenvalue weighted by Crippen LogP contribution is -2.12. The topological polar surface area (TPSA) is 39.7 Å². The minimum absolute atomic E-state index is 0.109. The Morgan fingerprint density at radius 3 is 2.21 bits per heavy atom. The van der Waals surface area contributed by atoms with Crippen molar-refractivity contribution >= 4 is 52.3 Å². The summed E-state index contributed by atoms with van der Waals surface area (Å²) >= 11 is 13.5. The van der Waals surface area contributed by atoms with Crippen LogP contribution in [-0.2, 0) is 0 Å². The Morgan fingerprint density at radius 2 is 1.61 bits per heavy atom. The van der Waals surface area contributed by atoms with Crippen LogP contribution in [0.5, 0.6) is 0 Å². The third-order valence-electron chi connectivity index (χ3n) is 6.91. The van der Waals surface area contributed by atoms with Gasteiger partial charge in [0, 0.05) is 59.1 Å². The molecule has 0 amide bonds. The molecule has 3 unspecified atom stereocenters. The molecule has 38 heavy (non-hydrogen) atoms. The second-order valence-corrected chi connectivity index (χ2v) is 11.2. The summed E-state index contributed by atoms with van der Waals surface area (Å²) in [5.41, 5.74) is 8.84. The maximum absolute atomic E-state index is 6.97. The Labute approximate surface area is 236 Å². The van der Waals surface area contributed by atoms with Crippen molar-refractivity contribution in [3.05, 3.63) is 120 Å². The zero-order valence-electron chi connectivity index (χ0n) is 22.4. The van der Waals surface area contributed by atoms with Crippen molar-refractivity contribution in [1.29, 1.82) is 0 Å². The number of alkyl halides is 1. The van der Waals surface area contributed by atoms with Crippen LogP contribution in [0.2, 0.25) is 5.02 Å². The lowest BCUT2D eigenvalue weighted by atomic mass is 10.0. The standard InChI is InChI=1S/C32H34Cl2N4/c1-8-38(19-35-7)27-12-9-25(10-13-27)36-22(4)28-18-26(11-14-29(28)33)37-23(5)30-31(32(30,6)34)24-16-20(2)15-21(3)17-24/h8-19,30-31,36-37H,1,4-5H2,2-3,6-7H3/b35-19-. The van der Waals surface area contributed by atoms with E-state index in [4.69, 9.17) is 23.2 Å². The maximum Gasteiger partial charge on any atom is 0.0931 e. The molecule has 3 aromatic rings. The highest BCUT2D eigenvalue weighted by molar-refractivity contribution is 6.32. The van der Waals surface area contributed by atoms with Crippen molar-refractivity contribution in [3.63, 3.8) is 0 Å². The zero-order valence-corrected chi connectivity index (χ0v) is 23.9. The van der Waals surface area contributed by atoms with Gasteiger partial charge in [0.25, 0.3) is 0 Å². The van der Waals surface area contributed by atoms with Crippen molar-refractivity contribution in [2.24, 2.45) is 10.9 Å². The van der Waals surface area contributed by atoms with Crippen LogP contribution in [-0.4, -0.2) is 18.3 Å². The molecular formula is C32H34Cl2N4. The number of hydrogen-bond acceptors (Lipinski definition) is 3. The van der Waals surface area contributed by atoms with Crippen LogP contribution in [0.1, 0.15) is 35.1 Å². The van der Waals surface area contributed by atoms with E-state index in [0.717, 1.165) is 28.3 Å². The number of aliphatic imine (C=N–C) groups is 1. The first kappa shape index (κ1) is 27.6. The summed E-state index contributed by atoms with van der Waals surface area (Å²) < 4.78 is 0. The molecule has 0 bridgehead atoms. The molecule has 3 aromatic carbocycles. The summed E-state index contributed by atoms with van der Waals surface area (Å²) in [5, 5.41) is 7.44. The highest BCUT2D eigenvalue weighted by atomic mass is 35.5. The Balaban J connectivity index is 1.47. The first-order chi connectivity index (χ1) is 18.0. The number of anilines is 3. The van der Waals surface area contributed by atoms with E-state index in [-0.39, 0.29) is 16.7 Å². The molecule has 2 N–H and O–H groups in total. The van der Waals surface area contributed by atoms with Gasteiger partial charge in [0.05, 0.1) is 16.2 Å². The predicted molar refractivity (Wildman–Crippen MR) is 167 cm³/mol. The van der Waals surface area contributed by atoms with Crippen LogP contribution in [0.25, 0.3) is 5.70 Å². The zero-order chi connectivity index (χ0) is 27.6. The fourth-order valence-electron chi connectivity index (χ4n) is 5.13. The first-order valence-electron chi connectivity index (χ1n) is 12.5. The minimum Gasteiger partial charge on any atom is -0.359 e. The van der Waals surface area contributed by atoms with Gasteiger partial charge in [0.15, 0.2) is 0 Å². The monoisotopic (exact) mass is 544 g/mol. The van der Waals surface area contributed by atoms with Gasteiger partial charge in [-0.1, -0.05) is 60.7 Å². The highest BCUT2D eigenvalue weighted by Crippen LogP contribution is 2.64. The van der Waals surface area contributed by atoms with E-state index >= 15 is 0 Å². The van der Waals surface area contributed by atoms with E-state index in [1.165, 1.54) is 16.7 Å². The Kier molecular flexibility index (Phi) is 8.05. The molecule has 0 saturated heterocycles. The minimum atomic E-state index is -0.388. The molecule has 4 rings (SSSR count).